The van der Waals surface area contributed by atoms with Crippen LogP contribution in [-0.2, 0) is 6.54 Å². The molecule has 0 aliphatic rings. The van der Waals surface area contributed by atoms with Crippen LogP contribution in [0, 0.1) is 6.92 Å². The van der Waals surface area contributed by atoms with Crippen LogP contribution < -0.4 is 0 Å². The summed E-state index contributed by atoms with van der Waals surface area (Å²) in [6.45, 7) is 7.03. The van der Waals surface area contributed by atoms with Gasteiger partial charge in [0.2, 0.25) is 0 Å². The van der Waals surface area contributed by atoms with Crippen LogP contribution in [0.4, 0.5) is 0 Å². The molecular weight excluding hydrogens is 270 g/mol. The van der Waals surface area contributed by atoms with Crippen molar-refractivity contribution in [2.24, 2.45) is 0 Å². The first-order valence-corrected chi connectivity index (χ1v) is 8.16. The Balaban J connectivity index is 2.35. The lowest BCUT2D eigenvalue weighted by molar-refractivity contribution is 0.101. The third kappa shape index (κ3) is 2.33. The number of hydrogen-bond donors (Lipinski definition) is 0. The highest BCUT2D eigenvalue weighted by Gasteiger charge is 2.16. The molecule has 0 amide bonds. The third-order valence-electron chi connectivity index (χ3n) is 4.49. The maximum Gasteiger partial charge on any atom is 0.160 e. The first kappa shape index (κ1) is 14.8. The molecule has 2 nitrogen and oxygen atoms in total. The first-order valence-electron chi connectivity index (χ1n) is 8.16. The minimum atomic E-state index is 0.140. The first-order chi connectivity index (χ1) is 10.6. The van der Waals surface area contributed by atoms with Crippen LogP contribution in [0.1, 0.15) is 49.0 Å². The standard InChI is InChI=1S/C20H23NO/c1-4-5-6-13-21-17-11-7-9-14(2)19(17)20-16(15(3)22)10-8-12-18(20)21/h7-12H,4-6,13H2,1-3H3. The lowest BCUT2D eigenvalue weighted by Gasteiger charge is -2.07. The van der Waals surface area contributed by atoms with E-state index in [0.717, 1.165) is 17.5 Å². The fourth-order valence-electron chi connectivity index (χ4n) is 3.41. The van der Waals surface area contributed by atoms with E-state index in [1.54, 1.807) is 6.92 Å². The SMILES string of the molecule is CCCCCn1c2cccc(C)c2c2c(C(C)=O)cccc21. The average molecular weight is 293 g/mol. The zero-order valence-electron chi connectivity index (χ0n) is 13.6. The number of ketones is 1. The molecule has 0 fully saturated rings. The zero-order chi connectivity index (χ0) is 15.7. The molecule has 3 rings (SSSR count). The maximum absolute atomic E-state index is 12.1. The second kappa shape index (κ2) is 5.96. The molecule has 0 saturated carbocycles. The molecule has 114 valence electrons. The molecule has 0 radical (unpaired) electrons. The van der Waals surface area contributed by atoms with Gasteiger partial charge in [0.15, 0.2) is 5.78 Å². The maximum atomic E-state index is 12.1. The third-order valence-corrected chi connectivity index (χ3v) is 4.49. The summed E-state index contributed by atoms with van der Waals surface area (Å²) < 4.78 is 2.39. The summed E-state index contributed by atoms with van der Waals surface area (Å²) in [4.78, 5) is 12.1. The summed E-state index contributed by atoms with van der Waals surface area (Å²) in [5.74, 6) is 0.140. The van der Waals surface area contributed by atoms with Gasteiger partial charge in [-0.2, -0.15) is 0 Å². The number of carbonyl (C=O) groups is 1. The fraction of sp³-hybridized carbons (Fsp3) is 0.350. The number of unbranched alkanes of at least 4 members (excludes halogenated alkanes) is 2. The Morgan fingerprint density at radius 3 is 2.36 bits per heavy atom. The van der Waals surface area contributed by atoms with Crippen molar-refractivity contribution in [2.75, 3.05) is 0 Å². The quantitative estimate of drug-likeness (QED) is 0.450. The highest BCUT2D eigenvalue weighted by Crippen LogP contribution is 2.34. The Kier molecular flexibility index (Phi) is 4.02. The summed E-state index contributed by atoms with van der Waals surface area (Å²) in [5, 5.41) is 2.36. The van der Waals surface area contributed by atoms with E-state index in [9.17, 15) is 4.79 Å². The van der Waals surface area contributed by atoms with Crippen LogP contribution in [-0.4, -0.2) is 10.4 Å². The summed E-state index contributed by atoms with van der Waals surface area (Å²) in [7, 11) is 0. The predicted octanol–water partition coefficient (Wildman–Crippen LogP) is 5.50. The minimum Gasteiger partial charge on any atom is -0.340 e. The molecule has 0 spiro atoms. The van der Waals surface area contributed by atoms with Crippen molar-refractivity contribution >= 4 is 27.6 Å². The second-order valence-electron chi connectivity index (χ2n) is 6.08. The molecule has 1 heterocycles. The molecule has 0 unspecified atom stereocenters. The monoisotopic (exact) mass is 293 g/mol. The Morgan fingerprint density at radius 2 is 1.68 bits per heavy atom. The smallest absolute Gasteiger partial charge is 0.160 e. The summed E-state index contributed by atoms with van der Waals surface area (Å²) in [5.41, 5.74) is 4.52. The summed E-state index contributed by atoms with van der Waals surface area (Å²) >= 11 is 0. The number of carbonyl (C=O) groups excluding carboxylic acids is 1. The molecule has 22 heavy (non-hydrogen) atoms. The molecule has 1 aromatic heterocycles. The van der Waals surface area contributed by atoms with Gasteiger partial charge in [-0.3, -0.25) is 4.79 Å². The van der Waals surface area contributed by atoms with Crippen molar-refractivity contribution in [3.63, 3.8) is 0 Å². The molecule has 0 atom stereocenters. The molecule has 0 aliphatic carbocycles. The topological polar surface area (TPSA) is 22.0 Å². The van der Waals surface area contributed by atoms with E-state index in [4.69, 9.17) is 0 Å². The molecule has 0 saturated heterocycles. The van der Waals surface area contributed by atoms with Gasteiger partial charge in [-0.25, -0.2) is 0 Å². The van der Waals surface area contributed by atoms with Gasteiger partial charge in [-0.15, -0.1) is 0 Å². The van der Waals surface area contributed by atoms with Gasteiger partial charge in [0.1, 0.15) is 0 Å². The summed E-state index contributed by atoms with van der Waals surface area (Å²) in [6.07, 6.45) is 3.63. The highest BCUT2D eigenvalue weighted by molar-refractivity contribution is 6.19. The van der Waals surface area contributed by atoms with Crippen LogP contribution in [0.5, 0.6) is 0 Å². The normalized spacial score (nSPS) is 11.4. The van der Waals surface area contributed by atoms with E-state index in [-0.39, 0.29) is 5.78 Å². The number of rotatable bonds is 5. The number of nitrogens with zero attached hydrogens (tertiary/aromatic N) is 1. The van der Waals surface area contributed by atoms with Gasteiger partial charge < -0.3 is 4.57 Å². The lowest BCUT2D eigenvalue weighted by atomic mass is 10.0. The van der Waals surface area contributed by atoms with Crippen molar-refractivity contribution in [3.05, 3.63) is 47.5 Å². The van der Waals surface area contributed by atoms with Crippen molar-refractivity contribution < 1.29 is 4.79 Å². The van der Waals surface area contributed by atoms with Gasteiger partial charge >= 0.3 is 0 Å². The molecule has 3 aromatic rings. The van der Waals surface area contributed by atoms with Crippen LogP contribution in [0.25, 0.3) is 21.8 Å². The number of Topliss-reactive ketones (excluding diaryl/α,β-unsaturated/α-hetero) is 1. The van der Waals surface area contributed by atoms with E-state index in [1.807, 2.05) is 12.1 Å². The van der Waals surface area contributed by atoms with Crippen LogP contribution in [0.2, 0.25) is 0 Å². The van der Waals surface area contributed by atoms with Crippen molar-refractivity contribution in [2.45, 2.75) is 46.6 Å². The molecule has 0 N–H and O–H groups in total. The van der Waals surface area contributed by atoms with Gasteiger partial charge in [0.05, 0.1) is 0 Å². The van der Waals surface area contributed by atoms with Gasteiger partial charge in [-0.05, 0) is 38.0 Å². The molecule has 0 bridgehead atoms. The van der Waals surface area contributed by atoms with E-state index in [1.165, 1.54) is 41.2 Å². The Hall–Kier alpha value is -2.09. The second-order valence-corrected chi connectivity index (χ2v) is 6.08. The van der Waals surface area contributed by atoms with Crippen LogP contribution in [0.15, 0.2) is 36.4 Å². The summed E-state index contributed by atoms with van der Waals surface area (Å²) in [6, 6.07) is 12.5. The van der Waals surface area contributed by atoms with Crippen molar-refractivity contribution in [1.82, 2.24) is 4.57 Å². The zero-order valence-corrected chi connectivity index (χ0v) is 13.6. The van der Waals surface area contributed by atoms with E-state index < -0.39 is 0 Å². The van der Waals surface area contributed by atoms with Gasteiger partial charge in [0.25, 0.3) is 0 Å². The van der Waals surface area contributed by atoms with E-state index in [0.29, 0.717) is 0 Å². The Bertz CT molecular complexity index is 842. The largest absolute Gasteiger partial charge is 0.340 e. The minimum absolute atomic E-state index is 0.140. The Morgan fingerprint density at radius 1 is 1.00 bits per heavy atom. The number of aryl methyl sites for hydroxylation is 2. The Labute approximate surface area is 131 Å². The fourth-order valence-corrected chi connectivity index (χ4v) is 3.41. The number of hydrogen-bond acceptors (Lipinski definition) is 1. The van der Waals surface area contributed by atoms with Crippen molar-refractivity contribution in [3.8, 4) is 0 Å². The van der Waals surface area contributed by atoms with E-state index in [2.05, 4.69) is 42.7 Å². The lowest BCUT2D eigenvalue weighted by Crippen LogP contribution is -1.98. The van der Waals surface area contributed by atoms with Crippen molar-refractivity contribution in [1.29, 1.82) is 0 Å². The van der Waals surface area contributed by atoms with Gasteiger partial charge in [0, 0.05) is 33.9 Å². The predicted molar refractivity (Wildman–Crippen MR) is 93.7 cm³/mol. The number of fused-ring (bicyclic) bond motifs is 3. The molecule has 2 heteroatoms. The van der Waals surface area contributed by atoms with Crippen LogP contribution in [0.3, 0.4) is 0 Å². The molecule has 0 aliphatic heterocycles. The van der Waals surface area contributed by atoms with Gasteiger partial charge in [-0.1, -0.05) is 44.0 Å². The molecular formula is C20H23NO. The number of benzene rings is 2. The van der Waals surface area contributed by atoms with Crippen LogP contribution >= 0.6 is 0 Å². The van der Waals surface area contributed by atoms with E-state index >= 15 is 0 Å². The average Bonchev–Trinajstić information content (AvgIpc) is 2.83. The number of aromatic nitrogens is 1. The highest BCUT2D eigenvalue weighted by atomic mass is 16.1. The molecule has 2 aromatic carbocycles.